The number of aromatic carboxylic acids is 1. The Morgan fingerprint density at radius 1 is 1.36 bits per heavy atom. The average Bonchev–Trinajstić information content (AvgIpc) is 3.06. The number of nitrogens with two attached hydrogens (primary N) is 2. The number of anilines is 2. The third-order valence-electron chi connectivity index (χ3n) is 4.19. The molecule has 2 aromatic heterocycles. The Morgan fingerprint density at radius 2 is 2.11 bits per heavy atom. The predicted octanol–water partition coefficient (Wildman–Crippen LogP) is 1.41. The standard InChI is InChI=1S/C18H20N6O4/c1-3-28-13-7-9(10-6-12(18(26)27)24(2)8-10)4-5-11(13)15-21-16(23-20)14(19)17(25)22-15/h4-8H,3,19-20H2,1-2H3,(H,26,27)(H2,21,22,23,25). The largest absolute Gasteiger partial charge is 0.493 e. The Balaban J connectivity index is 2.12. The molecule has 3 rings (SSSR count). The van der Waals surface area contributed by atoms with Crippen molar-refractivity contribution in [1.29, 1.82) is 0 Å². The number of hydrogen-bond donors (Lipinski definition) is 5. The van der Waals surface area contributed by atoms with E-state index in [1.54, 1.807) is 37.5 Å². The molecular formula is C18H20N6O4. The first-order valence-corrected chi connectivity index (χ1v) is 8.39. The zero-order chi connectivity index (χ0) is 20.4. The quantitative estimate of drug-likeness (QED) is 0.315. The van der Waals surface area contributed by atoms with Gasteiger partial charge < -0.3 is 30.6 Å². The number of nitrogens with one attached hydrogen (secondary N) is 2. The summed E-state index contributed by atoms with van der Waals surface area (Å²) in [6.45, 7) is 2.21. The first kappa shape index (κ1) is 19.0. The highest BCUT2D eigenvalue weighted by atomic mass is 16.5. The number of hydrogen-bond acceptors (Lipinski definition) is 7. The molecule has 0 atom stereocenters. The van der Waals surface area contributed by atoms with Crippen molar-refractivity contribution in [2.24, 2.45) is 12.9 Å². The van der Waals surface area contributed by atoms with Crippen LogP contribution in [0.1, 0.15) is 17.4 Å². The van der Waals surface area contributed by atoms with Gasteiger partial charge in [-0.25, -0.2) is 15.6 Å². The van der Waals surface area contributed by atoms with Crippen LogP contribution in [0.25, 0.3) is 22.5 Å². The van der Waals surface area contributed by atoms with Crippen molar-refractivity contribution >= 4 is 17.5 Å². The minimum atomic E-state index is -1.01. The van der Waals surface area contributed by atoms with E-state index in [0.717, 1.165) is 11.1 Å². The first-order chi connectivity index (χ1) is 13.3. The van der Waals surface area contributed by atoms with Crippen LogP contribution in [-0.4, -0.2) is 32.2 Å². The highest BCUT2D eigenvalue weighted by Crippen LogP contribution is 2.33. The van der Waals surface area contributed by atoms with Crippen LogP contribution in [0.2, 0.25) is 0 Å². The highest BCUT2D eigenvalue weighted by Gasteiger charge is 2.16. The molecule has 28 heavy (non-hydrogen) atoms. The summed E-state index contributed by atoms with van der Waals surface area (Å²) in [4.78, 5) is 30.2. The Morgan fingerprint density at radius 3 is 2.71 bits per heavy atom. The fourth-order valence-electron chi connectivity index (χ4n) is 2.83. The number of nitrogen functional groups attached to an aromatic ring is 2. The van der Waals surface area contributed by atoms with Gasteiger partial charge in [-0.2, -0.15) is 0 Å². The second-order valence-electron chi connectivity index (χ2n) is 6.00. The molecule has 0 aliphatic heterocycles. The third kappa shape index (κ3) is 3.40. The Hall–Kier alpha value is -3.79. The van der Waals surface area contributed by atoms with E-state index in [1.807, 2.05) is 6.92 Å². The average molecular weight is 384 g/mol. The molecule has 0 amide bonds. The van der Waals surface area contributed by atoms with Gasteiger partial charge in [0, 0.05) is 18.8 Å². The van der Waals surface area contributed by atoms with Gasteiger partial charge in [-0.05, 0) is 30.7 Å². The van der Waals surface area contributed by atoms with Crippen molar-refractivity contribution in [3.63, 3.8) is 0 Å². The summed E-state index contributed by atoms with van der Waals surface area (Å²) in [6.07, 6.45) is 1.72. The predicted molar refractivity (Wildman–Crippen MR) is 105 cm³/mol. The van der Waals surface area contributed by atoms with Crippen LogP contribution in [0.15, 0.2) is 35.3 Å². The summed E-state index contributed by atoms with van der Waals surface area (Å²) >= 11 is 0. The molecule has 10 nitrogen and oxygen atoms in total. The van der Waals surface area contributed by atoms with Crippen LogP contribution >= 0.6 is 0 Å². The second kappa shape index (κ2) is 7.45. The number of carboxylic acids is 1. The normalized spacial score (nSPS) is 10.7. The number of rotatable bonds is 6. The number of nitrogens with zero attached hydrogens (tertiary/aromatic N) is 2. The summed E-state index contributed by atoms with van der Waals surface area (Å²) in [5.74, 6) is 5.13. The maximum Gasteiger partial charge on any atom is 0.352 e. The van der Waals surface area contributed by atoms with Crippen molar-refractivity contribution in [2.75, 3.05) is 17.8 Å². The molecule has 0 saturated carbocycles. The SMILES string of the molecule is CCOc1cc(-c2cc(C(=O)O)n(C)c2)ccc1-c1nc(NN)c(N)c(=O)[nH]1. The van der Waals surface area contributed by atoms with Crippen molar-refractivity contribution < 1.29 is 14.6 Å². The first-order valence-electron chi connectivity index (χ1n) is 8.39. The second-order valence-corrected chi connectivity index (χ2v) is 6.00. The maximum atomic E-state index is 12.0. The molecule has 1 aromatic carbocycles. The van der Waals surface area contributed by atoms with Gasteiger partial charge in [0.1, 0.15) is 23.0 Å². The van der Waals surface area contributed by atoms with Crippen molar-refractivity contribution in [1.82, 2.24) is 14.5 Å². The van der Waals surface area contributed by atoms with Gasteiger partial charge in [-0.1, -0.05) is 6.07 Å². The molecule has 0 spiro atoms. The van der Waals surface area contributed by atoms with Crippen molar-refractivity contribution in [3.8, 4) is 28.3 Å². The number of carbonyl (C=O) groups is 1. The Bertz CT molecular complexity index is 1100. The molecule has 0 fully saturated rings. The van der Waals surface area contributed by atoms with Crippen molar-refractivity contribution in [2.45, 2.75) is 6.92 Å². The van der Waals surface area contributed by atoms with E-state index >= 15 is 0 Å². The number of hydrazine groups is 1. The Kier molecular flexibility index (Phi) is 5.05. The monoisotopic (exact) mass is 384 g/mol. The van der Waals surface area contributed by atoms with Gasteiger partial charge in [-0.3, -0.25) is 4.79 Å². The number of aromatic amines is 1. The van der Waals surface area contributed by atoms with E-state index in [1.165, 1.54) is 4.57 Å². The summed E-state index contributed by atoms with van der Waals surface area (Å²) in [5, 5.41) is 9.24. The smallest absolute Gasteiger partial charge is 0.352 e. The number of carboxylic acid groups (broad SMARTS) is 1. The third-order valence-corrected chi connectivity index (χ3v) is 4.19. The number of ether oxygens (including phenoxy) is 1. The molecule has 10 heteroatoms. The van der Waals surface area contributed by atoms with Crippen LogP contribution in [-0.2, 0) is 7.05 Å². The highest BCUT2D eigenvalue weighted by molar-refractivity contribution is 5.88. The number of aryl methyl sites for hydroxylation is 1. The molecule has 7 N–H and O–H groups in total. The van der Waals surface area contributed by atoms with Gasteiger partial charge in [0.25, 0.3) is 5.56 Å². The summed E-state index contributed by atoms with van der Waals surface area (Å²) in [6, 6.07) is 6.84. The number of H-pyrrole nitrogens is 1. The van der Waals surface area contributed by atoms with E-state index < -0.39 is 11.5 Å². The molecule has 146 valence electrons. The molecule has 0 aliphatic rings. The van der Waals surface area contributed by atoms with Crippen LogP contribution in [0.5, 0.6) is 5.75 Å². The molecule has 0 saturated heterocycles. The molecule has 0 unspecified atom stereocenters. The van der Waals surface area contributed by atoms with Gasteiger partial charge in [0.15, 0.2) is 5.82 Å². The van der Waals surface area contributed by atoms with Crippen molar-refractivity contribution in [3.05, 3.63) is 46.5 Å². The summed E-state index contributed by atoms with van der Waals surface area (Å²) < 4.78 is 7.25. The molecular weight excluding hydrogens is 364 g/mol. The zero-order valence-corrected chi connectivity index (χ0v) is 15.3. The molecule has 0 radical (unpaired) electrons. The minimum absolute atomic E-state index is 0.0550. The summed E-state index contributed by atoms with van der Waals surface area (Å²) in [7, 11) is 1.66. The van der Waals surface area contributed by atoms with E-state index in [0.29, 0.717) is 17.9 Å². The lowest BCUT2D eigenvalue weighted by Gasteiger charge is -2.13. The fraction of sp³-hybridized carbons (Fsp3) is 0.167. The number of aromatic nitrogens is 3. The van der Waals surface area contributed by atoms with Crippen LogP contribution in [0.4, 0.5) is 11.5 Å². The van der Waals surface area contributed by atoms with Gasteiger partial charge in [-0.15, -0.1) is 0 Å². The number of benzene rings is 1. The molecule has 3 aromatic rings. The van der Waals surface area contributed by atoms with E-state index in [-0.39, 0.29) is 23.0 Å². The zero-order valence-electron chi connectivity index (χ0n) is 15.3. The molecule has 0 aliphatic carbocycles. The Labute approximate surface area is 159 Å². The van der Waals surface area contributed by atoms with Crippen LogP contribution < -0.4 is 27.3 Å². The molecule has 0 bridgehead atoms. The lowest BCUT2D eigenvalue weighted by Crippen LogP contribution is -2.20. The molecule has 2 heterocycles. The van der Waals surface area contributed by atoms with Gasteiger partial charge in [0.05, 0.1) is 12.2 Å². The van der Waals surface area contributed by atoms with Gasteiger partial charge in [0.2, 0.25) is 0 Å². The maximum absolute atomic E-state index is 12.0. The van der Waals surface area contributed by atoms with Crippen LogP contribution in [0.3, 0.4) is 0 Å². The lowest BCUT2D eigenvalue weighted by molar-refractivity contribution is 0.0686. The van der Waals surface area contributed by atoms with E-state index in [4.69, 9.17) is 16.3 Å². The fourth-order valence-corrected chi connectivity index (χ4v) is 2.83. The van der Waals surface area contributed by atoms with Crippen LogP contribution in [0, 0.1) is 0 Å². The minimum Gasteiger partial charge on any atom is -0.493 e. The topological polar surface area (TPSA) is 161 Å². The summed E-state index contributed by atoms with van der Waals surface area (Å²) in [5.41, 5.74) is 9.47. The van der Waals surface area contributed by atoms with Gasteiger partial charge >= 0.3 is 5.97 Å². The van der Waals surface area contributed by atoms with E-state index in [9.17, 15) is 14.7 Å². The van der Waals surface area contributed by atoms with E-state index in [2.05, 4.69) is 15.4 Å². The lowest BCUT2D eigenvalue weighted by atomic mass is 10.0.